The fourth-order valence-corrected chi connectivity index (χ4v) is 5.55. The van der Waals surface area contributed by atoms with E-state index in [0.29, 0.717) is 12.0 Å². The minimum Gasteiger partial charge on any atom is -0.384 e. The predicted molar refractivity (Wildman–Crippen MR) is 111 cm³/mol. The topological polar surface area (TPSA) is 62.8 Å². The number of methoxy groups -OCH3 is 1. The van der Waals surface area contributed by atoms with Crippen molar-refractivity contribution < 1.29 is 9.47 Å². The van der Waals surface area contributed by atoms with E-state index in [9.17, 15) is 0 Å². The molecule has 4 rings (SSSR count). The minimum absolute atomic E-state index is 0.211. The first-order valence-electron chi connectivity index (χ1n) is 10.7. The number of piperidine rings is 1. The molecule has 0 amide bonds. The lowest BCUT2D eigenvalue weighted by Crippen LogP contribution is -2.57. The Morgan fingerprint density at radius 3 is 2.82 bits per heavy atom. The van der Waals surface area contributed by atoms with Gasteiger partial charge in [-0.15, -0.1) is 0 Å². The fraction of sp³-hybridized carbons (Fsp3) is 0.810. The summed E-state index contributed by atoms with van der Waals surface area (Å²) >= 11 is 0. The molecule has 1 N–H and O–H groups in total. The number of hydrogen-bond acceptors (Lipinski definition) is 7. The van der Waals surface area contributed by atoms with Gasteiger partial charge in [-0.25, -0.2) is 4.98 Å². The Labute approximate surface area is 168 Å². The van der Waals surface area contributed by atoms with Crippen LogP contribution in [0.3, 0.4) is 0 Å². The van der Waals surface area contributed by atoms with Gasteiger partial charge in [-0.1, -0.05) is 0 Å². The molecule has 156 valence electrons. The number of fused-ring (bicyclic) bond motifs is 1. The van der Waals surface area contributed by atoms with Crippen LogP contribution in [-0.4, -0.2) is 81.1 Å². The van der Waals surface area contributed by atoms with Gasteiger partial charge in [0, 0.05) is 63.6 Å². The van der Waals surface area contributed by atoms with Gasteiger partial charge in [0.05, 0.1) is 19.8 Å². The fourth-order valence-electron chi connectivity index (χ4n) is 5.55. The van der Waals surface area contributed by atoms with Crippen LogP contribution in [0.5, 0.6) is 0 Å². The van der Waals surface area contributed by atoms with Crippen LogP contribution < -0.4 is 10.2 Å². The maximum absolute atomic E-state index is 5.76. The van der Waals surface area contributed by atoms with Crippen molar-refractivity contribution in [3.63, 3.8) is 0 Å². The lowest BCUT2D eigenvalue weighted by atomic mass is 9.62. The Morgan fingerprint density at radius 1 is 1.25 bits per heavy atom. The Balaban J connectivity index is 1.50. The third-order valence-corrected chi connectivity index (χ3v) is 7.03. The lowest BCUT2D eigenvalue weighted by molar-refractivity contribution is -0.0541. The van der Waals surface area contributed by atoms with Gasteiger partial charge < -0.3 is 19.7 Å². The third-order valence-electron chi connectivity index (χ3n) is 7.03. The van der Waals surface area contributed by atoms with E-state index in [-0.39, 0.29) is 5.41 Å². The van der Waals surface area contributed by atoms with Crippen LogP contribution in [0.1, 0.15) is 31.4 Å². The van der Waals surface area contributed by atoms with Crippen molar-refractivity contribution in [1.82, 2.24) is 14.9 Å². The lowest BCUT2D eigenvalue weighted by Gasteiger charge is -2.54. The van der Waals surface area contributed by atoms with Crippen molar-refractivity contribution in [2.75, 3.05) is 70.4 Å². The average Bonchev–Trinajstić information content (AvgIpc) is 2.73. The van der Waals surface area contributed by atoms with Crippen LogP contribution in [0.25, 0.3) is 0 Å². The maximum Gasteiger partial charge on any atom is 0.227 e. The summed E-state index contributed by atoms with van der Waals surface area (Å²) in [4.78, 5) is 14.5. The molecule has 1 aliphatic carbocycles. The highest BCUT2D eigenvalue weighted by Gasteiger charge is 2.48. The highest BCUT2D eigenvalue weighted by molar-refractivity contribution is 5.43. The Morgan fingerprint density at radius 2 is 2.07 bits per heavy atom. The number of hydrogen-bond donors (Lipinski definition) is 1. The van der Waals surface area contributed by atoms with E-state index in [2.05, 4.69) is 15.1 Å². The monoisotopic (exact) mass is 389 g/mol. The number of morpholine rings is 1. The SMILES string of the molecule is CNc1cc(C)nc(N2CC[C@H]3C[C@@H](N4CCOCC4)CC[C@]3(COC)C2)n1. The van der Waals surface area contributed by atoms with Crippen molar-refractivity contribution in [1.29, 1.82) is 0 Å². The van der Waals surface area contributed by atoms with Crippen LogP contribution in [0, 0.1) is 18.3 Å². The zero-order valence-corrected chi connectivity index (χ0v) is 17.6. The summed E-state index contributed by atoms with van der Waals surface area (Å²) in [6.07, 6.45) is 4.95. The van der Waals surface area contributed by atoms with Crippen LogP contribution in [0.4, 0.5) is 11.8 Å². The Bertz CT molecular complexity index is 666. The second kappa shape index (κ2) is 8.51. The molecule has 0 radical (unpaired) electrons. The molecule has 3 fully saturated rings. The highest BCUT2D eigenvalue weighted by atomic mass is 16.5. The zero-order chi connectivity index (χ0) is 19.6. The number of anilines is 2. The number of ether oxygens (including phenoxy) is 2. The van der Waals surface area contributed by atoms with E-state index in [1.54, 1.807) is 0 Å². The van der Waals surface area contributed by atoms with E-state index in [4.69, 9.17) is 19.4 Å². The molecule has 0 spiro atoms. The number of aryl methyl sites for hydroxylation is 1. The van der Waals surface area contributed by atoms with Gasteiger partial charge in [0.2, 0.25) is 5.95 Å². The second-order valence-corrected chi connectivity index (χ2v) is 8.72. The average molecular weight is 390 g/mol. The molecule has 7 nitrogen and oxygen atoms in total. The van der Waals surface area contributed by atoms with E-state index in [1.807, 2.05) is 27.1 Å². The van der Waals surface area contributed by atoms with Crippen molar-refractivity contribution in [3.05, 3.63) is 11.8 Å². The first-order chi connectivity index (χ1) is 13.6. The molecular formula is C21H35N5O2. The molecule has 2 aliphatic heterocycles. The van der Waals surface area contributed by atoms with Gasteiger partial charge in [0.25, 0.3) is 0 Å². The largest absolute Gasteiger partial charge is 0.384 e. The number of nitrogens with one attached hydrogen (secondary N) is 1. The molecule has 3 atom stereocenters. The number of aromatic nitrogens is 2. The van der Waals surface area contributed by atoms with Gasteiger partial charge in [0.15, 0.2) is 0 Å². The summed E-state index contributed by atoms with van der Waals surface area (Å²) < 4.78 is 11.3. The van der Waals surface area contributed by atoms with Gasteiger partial charge in [0.1, 0.15) is 5.82 Å². The zero-order valence-electron chi connectivity index (χ0n) is 17.6. The van der Waals surface area contributed by atoms with E-state index < -0.39 is 0 Å². The second-order valence-electron chi connectivity index (χ2n) is 8.72. The summed E-state index contributed by atoms with van der Waals surface area (Å²) in [5.41, 5.74) is 1.22. The van der Waals surface area contributed by atoms with Crippen molar-refractivity contribution in [2.24, 2.45) is 11.3 Å². The van der Waals surface area contributed by atoms with Gasteiger partial charge in [-0.05, 0) is 38.5 Å². The number of rotatable bonds is 5. The standard InChI is InChI=1S/C21H35N5O2/c1-16-12-19(22-2)24-20(23-16)26-7-5-17-13-18(25-8-10-28-11-9-25)4-6-21(17,14-26)15-27-3/h12,17-18H,4-11,13-15H2,1-3H3,(H,22,23,24)/t17-,18-,21+/m0/s1. The molecule has 3 aliphatic rings. The quantitative estimate of drug-likeness (QED) is 0.828. The molecule has 1 saturated carbocycles. The highest BCUT2D eigenvalue weighted by Crippen LogP contribution is 2.48. The maximum atomic E-state index is 5.76. The molecule has 28 heavy (non-hydrogen) atoms. The predicted octanol–water partition coefficient (Wildman–Crippen LogP) is 2.17. The third kappa shape index (κ3) is 3.98. The Hall–Kier alpha value is -1.44. The summed E-state index contributed by atoms with van der Waals surface area (Å²) in [6.45, 7) is 8.83. The first kappa shape index (κ1) is 19.9. The van der Waals surface area contributed by atoms with Crippen molar-refractivity contribution in [2.45, 2.75) is 38.6 Å². The molecule has 2 saturated heterocycles. The molecule has 1 aromatic rings. The first-order valence-corrected chi connectivity index (χ1v) is 10.7. The molecule has 0 aromatic carbocycles. The minimum atomic E-state index is 0.211. The molecule has 0 unspecified atom stereocenters. The molecule has 7 heteroatoms. The van der Waals surface area contributed by atoms with Crippen molar-refractivity contribution in [3.8, 4) is 0 Å². The van der Waals surface area contributed by atoms with E-state index in [0.717, 1.165) is 63.5 Å². The van der Waals surface area contributed by atoms with Gasteiger partial charge >= 0.3 is 0 Å². The van der Waals surface area contributed by atoms with E-state index in [1.165, 1.54) is 25.7 Å². The van der Waals surface area contributed by atoms with Crippen LogP contribution in [0.2, 0.25) is 0 Å². The summed E-state index contributed by atoms with van der Waals surface area (Å²) in [5, 5.41) is 3.16. The van der Waals surface area contributed by atoms with Crippen LogP contribution >= 0.6 is 0 Å². The molecule has 3 heterocycles. The molecular weight excluding hydrogens is 354 g/mol. The van der Waals surface area contributed by atoms with Crippen LogP contribution in [0.15, 0.2) is 6.07 Å². The van der Waals surface area contributed by atoms with Gasteiger partial charge in [-0.3, -0.25) is 4.90 Å². The normalized spacial score (nSPS) is 31.5. The van der Waals surface area contributed by atoms with E-state index >= 15 is 0 Å². The molecule has 0 bridgehead atoms. The Kier molecular flexibility index (Phi) is 6.04. The number of nitrogens with zero attached hydrogens (tertiary/aromatic N) is 4. The van der Waals surface area contributed by atoms with Gasteiger partial charge in [-0.2, -0.15) is 4.98 Å². The summed E-state index contributed by atoms with van der Waals surface area (Å²) in [6, 6.07) is 2.70. The van der Waals surface area contributed by atoms with Crippen molar-refractivity contribution >= 4 is 11.8 Å². The smallest absolute Gasteiger partial charge is 0.227 e. The summed E-state index contributed by atoms with van der Waals surface area (Å²) in [7, 11) is 3.76. The van der Waals surface area contributed by atoms with Crippen LogP contribution in [-0.2, 0) is 9.47 Å². The summed E-state index contributed by atoms with van der Waals surface area (Å²) in [5.74, 6) is 2.45. The molecule has 1 aromatic heterocycles.